The maximum Gasteiger partial charge on any atom is 0.314 e. The van der Waals surface area contributed by atoms with Crippen LogP contribution in [0.5, 0.6) is 0 Å². The van der Waals surface area contributed by atoms with Crippen molar-refractivity contribution in [2.24, 2.45) is 0 Å². The van der Waals surface area contributed by atoms with E-state index in [4.69, 9.17) is 0 Å². The molecular formula is C13H14N2O2S. The number of aromatic nitrogens is 2. The predicted molar refractivity (Wildman–Crippen MR) is 70.7 cm³/mol. The molecule has 0 aliphatic heterocycles. The van der Waals surface area contributed by atoms with Gasteiger partial charge in [0.15, 0.2) is 0 Å². The average Bonchev–Trinajstić information content (AvgIpc) is 2.73. The van der Waals surface area contributed by atoms with E-state index in [0.29, 0.717) is 0 Å². The van der Waals surface area contributed by atoms with Gasteiger partial charge in [0, 0.05) is 11.1 Å². The van der Waals surface area contributed by atoms with Crippen LogP contribution in [0.4, 0.5) is 0 Å². The van der Waals surface area contributed by atoms with E-state index in [0.717, 1.165) is 21.3 Å². The quantitative estimate of drug-likeness (QED) is 0.923. The summed E-state index contributed by atoms with van der Waals surface area (Å²) in [5.41, 5.74) is 0.612. The Labute approximate surface area is 109 Å². The Morgan fingerprint density at radius 2 is 2.11 bits per heavy atom. The summed E-state index contributed by atoms with van der Waals surface area (Å²) < 4.78 is 0. The van der Waals surface area contributed by atoms with Gasteiger partial charge in [0.2, 0.25) is 0 Å². The molecule has 1 N–H and O–H groups in total. The second-order valence-corrected chi connectivity index (χ2v) is 5.58. The number of nitrogens with zero attached hydrogens (tertiary/aromatic N) is 2. The van der Waals surface area contributed by atoms with Crippen LogP contribution >= 0.6 is 11.3 Å². The molecule has 0 spiro atoms. The van der Waals surface area contributed by atoms with Crippen molar-refractivity contribution in [2.45, 2.75) is 26.2 Å². The first kappa shape index (κ1) is 12.7. The first-order chi connectivity index (χ1) is 8.43. The Hall–Kier alpha value is -1.75. The van der Waals surface area contributed by atoms with Gasteiger partial charge in [0.1, 0.15) is 5.01 Å². The lowest BCUT2D eigenvalue weighted by Crippen LogP contribution is -2.28. The highest BCUT2D eigenvalue weighted by molar-refractivity contribution is 7.15. The number of carbonyl (C=O) groups is 1. The minimum absolute atomic E-state index is 0.757. The van der Waals surface area contributed by atoms with Crippen molar-refractivity contribution in [3.8, 4) is 10.7 Å². The normalized spacial score (nSPS) is 11.5. The molecule has 0 aliphatic rings. The topological polar surface area (TPSA) is 63.1 Å². The number of hydrogen-bond donors (Lipinski definition) is 1. The fraction of sp³-hybridized carbons (Fsp3) is 0.308. The van der Waals surface area contributed by atoms with E-state index in [1.165, 1.54) is 11.3 Å². The summed E-state index contributed by atoms with van der Waals surface area (Å²) in [7, 11) is 0. The molecule has 0 unspecified atom stereocenters. The molecule has 18 heavy (non-hydrogen) atoms. The third-order valence-electron chi connectivity index (χ3n) is 2.78. The molecule has 0 aromatic carbocycles. The lowest BCUT2D eigenvalue weighted by molar-refractivity contribution is -0.142. The van der Waals surface area contributed by atoms with Crippen molar-refractivity contribution in [3.63, 3.8) is 0 Å². The minimum atomic E-state index is -0.922. The monoisotopic (exact) mass is 262 g/mol. The number of hydrogen-bond acceptors (Lipinski definition) is 4. The number of carboxylic acids is 1. The largest absolute Gasteiger partial charge is 0.481 e. The highest BCUT2D eigenvalue weighted by Gasteiger charge is 2.33. The number of rotatable bonds is 3. The van der Waals surface area contributed by atoms with Gasteiger partial charge >= 0.3 is 5.97 Å². The van der Waals surface area contributed by atoms with Crippen molar-refractivity contribution < 1.29 is 9.90 Å². The maximum atomic E-state index is 11.3. The molecule has 0 saturated carbocycles. The smallest absolute Gasteiger partial charge is 0.314 e. The van der Waals surface area contributed by atoms with E-state index < -0.39 is 11.4 Å². The Balaban J connectivity index is 2.49. The van der Waals surface area contributed by atoms with E-state index in [9.17, 15) is 9.90 Å². The SMILES string of the molecule is Cc1nc(-c2ccccn2)sc1C(C)(C)C(=O)O. The van der Waals surface area contributed by atoms with Gasteiger partial charge in [-0.05, 0) is 32.9 Å². The van der Waals surface area contributed by atoms with Crippen molar-refractivity contribution in [1.82, 2.24) is 9.97 Å². The van der Waals surface area contributed by atoms with Gasteiger partial charge < -0.3 is 5.11 Å². The first-order valence-corrected chi connectivity index (χ1v) is 6.37. The molecule has 5 heteroatoms. The van der Waals surface area contributed by atoms with Crippen LogP contribution in [0.25, 0.3) is 10.7 Å². The average molecular weight is 262 g/mol. The van der Waals surface area contributed by atoms with Gasteiger partial charge in [-0.15, -0.1) is 11.3 Å². The van der Waals surface area contributed by atoms with E-state index >= 15 is 0 Å². The molecule has 4 nitrogen and oxygen atoms in total. The number of thiazole rings is 1. The predicted octanol–water partition coefficient (Wildman–Crippen LogP) is 2.88. The molecule has 2 rings (SSSR count). The molecule has 2 aromatic heterocycles. The summed E-state index contributed by atoms with van der Waals surface area (Å²) in [6.07, 6.45) is 1.70. The highest BCUT2D eigenvalue weighted by atomic mass is 32.1. The van der Waals surface area contributed by atoms with E-state index in [2.05, 4.69) is 9.97 Å². The van der Waals surface area contributed by atoms with E-state index in [1.807, 2.05) is 25.1 Å². The van der Waals surface area contributed by atoms with Gasteiger partial charge in [-0.3, -0.25) is 9.78 Å². The molecule has 2 aromatic rings. The van der Waals surface area contributed by atoms with Crippen molar-refractivity contribution in [2.75, 3.05) is 0 Å². The molecule has 0 aliphatic carbocycles. The molecular weight excluding hydrogens is 248 g/mol. The maximum absolute atomic E-state index is 11.3. The molecule has 0 bridgehead atoms. The van der Waals surface area contributed by atoms with E-state index in [1.54, 1.807) is 20.0 Å². The van der Waals surface area contributed by atoms with Crippen LogP contribution < -0.4 is 0 Å². The molecule has 0 amide bonds. The summed E-state index contributed by atoms with van der Waals surface area (Å²) in [6, 6.07) is 5.60. The Morgan fingerprint density at radius 3 is 2.67 bits per heavy atom. The molecule has 2 heterocycles. The summed E-state index contributed by atoms with van der Waals surface area (Å²) in [4.78, 5) is 20.7. The Morgan fingerprint density at radius 1 is 1.39 bits per heavy atom. The first-order valence-electron chi connectivity index (χ1n) is 5.55. The molecule has 0 fully saturated rings. The summed E-state index contributed by atoms with van der Waals surface area (Å²) in [5, 5.41) is 10.0. The lowest BCUT2D eigenvalue weighted by atomic mass is 9.91. The lowest BCUT2D eigenvalue weighted by Gasteiger charge is -2.17. The van der Waals surface area contributed by atoms with Gasteiger partial charge in [0.05, 0.1) is 16.8 Å². The van der Waals surface area contributed by atoms with Crippen molar-refractivity contribution in [3.05, 3.63) is 35.0 Å². The molecule has 0 radical (unpaired) electrons. The van der Waals surface area contributed by atoms with Crippen molar-refractivity contribution in [1.29, 1.82) is 0 Å². The Kier molecular flexibility index (Phi) is 3.17. The van der Waals surface area contributed by atoms with Gasteiger partial charge in [0.25, 0.3) is 0 Å². The molecule has 0 atom stereocenters. The van der Waals surface area contributed by atoms with Crippen LogP contribution in [-0.4, -0.2) is 21.0 Å². The third-order valence-corrected chi connectivity index (χ3v) is 4.29. The van der Waals surface area contributed by atoms with Crippen molar-refractivity contribution >= 4 is 17.3 Å². The molecule has 0 saturated heterocycles. The summed E-state index contributed by atoms with van der Waals surface area (Å²) >= 11 is 1.39. The second-order valence-electron chi connectivity index (χ2n) is 4.58. The minimum Gasteiger partial charge on any atom is -0.481 e. The fourth-order valence-electron chi connectivity index (χ4n) is 1.67. The fourth-order valence-corrected chi connectivity index (χ4v) is 2.81. The number of aryl methyl sites for hydroxylation is 1. The number of carboxylic acid groups (broad SMARTS) is 1. The zero-order valence-electron chi connectivity index (χ0n) is 10.5. The van der Waals surface area contributed by atoms with Crippen LogP contribution in [0.2, 0.25) is 0 Å². The van der Waals surface area contributed by atoms with Crippen LogP contribution in [0.3, 0.4) is 0 Å². The summed E-state index contributed by atoms with van der Waals surface area (Å²) in [6.45, 7) is 5.22. The molecule has 94 valence electrons. The van der Waals surface area contributed by atoms with Gasteiger partial charge in [-0.25, -0.2) is 4.98 Å². The summed E-state index contributed by atoms with van der Waals surface area (Å²) in [5.74, 6) is -0.846. The highest BCUT2D eigenvalue weighted by Crippen LogP contribution is 2.35. The van der Waals surface area contributed by atoms with Gasteiger partial charge in [-0.1, -0.05) is 6.07 Å². The zero-order chi connectivity index (χ0) is 13.3. The second kappa shape index (κ2) is 4.49. The standard InChI is InChI=1S/C13H14N2O2S/c1-8-10(13(2,3)12(16)17)18-11(15-8)9-6-4-5-7-14-9/h4-7H,1-3H3,(H,16,17). The van der Waals surface area contributed by atoms with Crippen LogP contribution in [-0.2, 0) is 10.2 Å². The number of aliphatic carboxylic acids is 1. The Bertz CT molecular complexity index is 576. The third kappa shape index (κ3) is 2.13. The van der Waals surface area contributed by atoms with Crippen LogP contribution in [0.15, 0.2) is 24.4 Å². The van der Waals surface area contributed by atoms with E-state index in [-0.39, 0.29) is 0 Å². The number of pyridine rings is 1. The van der Waals surface area contributed by atoms with Crippen LogP contribution in [0.1, 0.15) is 24.4 Å². The van der Waals surface area contributed by atoms with Crippen LogP contribution in [0, 0.1) is 6.92 Å². The zero-order valence-corrected chi connectivity index (χ0v) is 11.3. The van der Waals surface area contributed by atoms with Gasteiger partial charge in [-0.2, -0.15) is 0 Å².